The average Bonchev–Trinajstić information content (AvgIpc) is 3.07. The van der Waals surface area contributed by atoms with E-state index in [0.29, 0.717) is 59.0 Å². The largest absolute Gasteiger partial charge is 0.478 e. The summed E-state index contributed by atoms with van der Waals surface area (Å²) in [5.74, 6) is -0.808. The molecule has 4 rings (SSSR count). The highest BCUT2D eigenvalue weighted by molar-refractivity contribution is 6.39. The SMILES string of the molecule is O=C(O)c1ccc2c(c1)nc(Nc1c(Cl)cccc1Cl)n2CC(=O)N1CCOCC1. The first-order chi connectivity index (χ1) is 14.4. The standard InChI is InChI=1S/C20H18Cl2N4O4/c21-13-2-1-3-14(22)18(13)24-20-23-15-10-12(19(28)29)4-5-16(15)26(20)11-17(27)25-6-8-30-9-7-25/h1-5,10H,6-9,11H2,(H,23,24)(H,28,29). The van der Waals surface area contributed by atoms with E-state index in [1.807, 2.05) is 0 Å². The highest BCUT2D eigenvalue weighted by atomic mass is 35.5. The number of carbonyl (C=O) groups excluding carboxylic acids is 1. The van der Waals surface area contributed by atoms with Crippen molar-refractivity contribution < 1.29 is 19.4 Å². The van der Waals surface area contributed by atoms with Crippen molar-refractivity contribution >= 4 is 57.7 Å². The number of nitrogens with one attached hydrogen (secondary N) is 1. The van der Waals surface area contributed by atoms with Crippen LogP contribution in [0.25, 0.3) is 11.0 Å². The van der Waals surface area contributed by atoms with E-state index >= 15 is 0 Å². The number of ether oxygens (including phenoxy) is 1. The van der Waals surface area contributed by atoms with E-state index in [1.165, 1.54) is 12.1 Å². The van der Waals surface area contributed by atoms with Crippen molar-refractivity contribution in [3.63, 3.8) is 0 Å². The number of aromatic nitrogens is 2. The first-order valence-electron chi connectivity index (χ1n) is 9.24. The van der Waals surface area contributed by atoms with Crippen LogP contribution in [0.5, 0.6) is 0 Å². The third-order valence-corrected chi connectivity index (χ3v) is 5.48. The molecule has 0 bridgehead atoms. The zero-order chi connectivity index (χ0) is 21.3. The lowest BCUT2D eigenvalue weighted by Gasteiger charge is -2.27. The summed E-state index contributed by atoms with van der Waals surface area (Å²) in [6.07, 6.45) is 0. The molecule has 0 atom stereocenters. The highest BCUT2D eigenvalue weighted by Gasteiger charge is 2.21. The number of anilines is 2. The van der Waals surface area contributed by atoms with Gasteiger partial charge in [0.25, 0.3) is 0 Å². The van der Waals surface area contributed by atoms with Crippen molar-refractivity contribution in [1.29, 1.82) is 0 Å². The number of fused-ring (bicyclic) bond motifs is 1. The Morgan fingerprint density at radius 1 is 1.13 bits per heavy atom. The van der Waals surface area contributed by atoms with Crippen LogP contribution < -0.4 is 5.32 Å². The van der Waals surface area contributed by atoms with Gasteiger partial charge >= 0.3 is 5.97 Å². The Kier molecular flexibility index (Phi) is 5.80. The summed E-state index contributed by atoms with van der Waals surface area (Å²) in [7, 11) is 0. The Morgan fingerprint density at radius 3 is 2.50 bits per heavy atom. The van der Waals surface area contributed by atoms with E-state index in [-0.39, 0.29) is 18.0 Å². The lowest BCUT2D eigenvalue weighted by atomic mass is 10.2. The number of amides is 1. The van der Waals surface area contributed by atoms with Crippen LogP contribution in [0.4, 0.5) is 11.6 Å². The molecular formula is C20H18Cl2N4O4. The van der Waals surface area contributed by atoms with Gasteiger partial charge in [0.15, 0.2) is 0 Å². The lowest BCUT2D eigenvalue weighted by Crippen LogP contribution is -2.42. The second-order valence-corrected chi connectivity index (χ2v) is 7.56. The minimum absolute atomic E-state index is 0.0212. The van der Waals surface area contributed by atoms with Gasteiger partial charge in [-0.25, -0.2) is 9.78 Å². The van der Waals surface area contributed by atoms with Gasteiger partial charge in [-0.2, -0.15) is 0 Å². The van der Waals surface area contributed by atoms with Gasteiger partial charge < -0.3 is 24.6 Å². The zero-order valence-electron chi connectivity index (χ0n) is 15.8. The summed E-state index contributed by atoms with van der Waals surface area (Å²) in [6.45, 7) is 2.06. The van der Waals surface area contributed by atoms with Gasteiger partial charge in [-0.1, -0.05) is 29.3 Å². The number of carboxylic acids is 1. The average molecular weight is 449 g/mol. The lowest BCUT2D eigenvalue weighted by molar-refractivity contribution is -0.135. The molecule has 0 radical (unpaired) electrons. The Morgan fingerprint density at radius 2 is 1.83 bits per heavy atom. The zero-order valence-corrected chi connectivity index (χ0v) is 17.3. The number of carboxylic acid groups (broad SMARTS) is 1. The number of imidazole rings is 1. The molecule has 0 unspecified atom stereocenters. The van der Waals surface area contributed by atoms with Gasteiger partial charge in [-0.05, 0) is 30.3 Å². The van der Waals surface area contributed by atoms with Crippen molar-refractivity contribution in [3.05, 3.63) is 52.0 Å². The normalized spacial score (nSPS) is 14.1. The molecule has 30 heavy (non-hydrogen) atoms. The molecule has 1 aromatic heterocycles. The van der Waals surface area contributed by atoms with E-state index in [0.717, 1.165) is 0 Å². The van der Waals surface area contributed by atoms with E-state index in [4.69, 9.17) is 27.9 Å². The van der Waals surface area contributed by atoms with Crippen LogP contribution in [0.15, 0.2) is 36.4 Å². The van der Waals surface area contributed by atoms with Gasteiger partial charge in [0.05, 0.1) is 45.5 Å². The fraction of sp³-hybridized carbons (Fsp3) is 0.250. The molecule has 0 spiro atoms. The third kappa shape index (κ3) is 4.07. The molecule has 2 heterocycles. The molecule has 8 nitrogen and oxygen atoms in total. The van der Waals surface area contributed by atoms with Gasteiger partial charge in [0.1, 0.15) is 6.54 Å². The minimum atomic E-state index is -1.06. The Hall–Kier alpha value is -2.81. The van der Waals surface area contributed by atoms with E-state index in [1.54, 1.807) is 33.7 Å². The predicted octanol–water partition coefficient (Wildman–Crippen LogP) is 3.64. The van der Waals surface area contributed by atoms with Crippen molar-refractivity contribution in [2.24, 2.45) is 0 Å². The van der Waals surface area contributed by atoms with Crippen molar-refractivity contribution in [1.82, 2.24) is 14.5 Å². The quantitative estimate of drug-likeness (QED) is 0.618. The summed E-state index contributed by atoms with van der Waals surface area (Å²) in [5, 5.41) is 13.2. The van der Waals surface area contributed by atoms with Crippen LogP contribution >= 0.6 is 23.2 Å². The summed E-state index contributed by atoms with van der Waals surface area (Å²) >= 11 is 12.5. The van der Waals surface area contributed by atoms with Crippen LogP contribution in [0.1, 0.15) is 10.4 Å². The Balaban J connectivity index is 1.75. The molecule has 1 aliphatic rings. The molecule has 2 N–H and O–H groups in total. The molecule has 10 heteroatoms. The molecule has 1 saturated heterocycles. The number of morpholine rings is 1. The molecule has 3 aromatic rings. The second kappa shape index (κ2) is 8.51. The number of hydrogen-bond acceptors (Lipinski definition) is 5. The van der Waals surface area contributed by atoms with Crippen molar-refractivity contribution in [2.75, 3.05) is 31.6 Å². The summed E-state index contributed by atoms with van der Waals surface area (Å²) < 4.78 is 7.00. The summed E-state index contributed by atoms with van der Waals surface area (Å²) in [4.78, 5) is 30.5. The number of rotatable bonds is 5. The van der Waals surface area contributed by atoms with Crippen LogP contribution in [-0.2, 0) is 16.1 Å². The third-order valence-electron chi connectivity index (χ3n) is 4.85. The van der Waals surface area contributed by atoms with E-state index in [9.17, 15) is 14.7 Å². The maximum absolute atomic E-state index is 12.9. The van der Waals surface area contributed by atoms with Crippen LogP contribution in [0.3, 0.4) is 0 Å². The molecule has 0 aliphatic carbocycles. The number of para-hydroxylation sites is 1. The predicted molar refractivity (Wildman–Crippen MR) is 114 cm³/mol. The first kappa shape index (κ1) is 20.5. The van der Waals surface area contributed by atoms with Crippen molar-refractivity contribution in [3.8, 4) is 0 Å². The number of nitrogens with zero attached hydrogens (tertiary/aromatic N) is 3. The molecule has 2 aromatic carbocycles. The molecular weight excluding hydrogens is 431 g/mol. The fourth-order valence-corrected chi connectivity index (χ4v) is 3.79. The number of hydrogen-bond donors (Lipinski definition) is 2. The Bertz CT molecular complexity index is 1110. The maximum atomic E-state index is 12.9. The minimum Gasteiger partial charge on any atom is -0.478 e. The second-order valence-electron chi connectivity index (χ2n) is 6.75. The number of aromatic carboxylic acids is 1. The molecule has 1 aliphatic heterocycles. The van der Waals surface area contributed by atoms with E-state index in [2.05, 4.69) is 10.3 Å². The number of benzene rings is 2. The van der Waals surface area contributed by atoms with Gasteiger partial charge in [0.2, 0.25) is 11.9 Å². The molecule has 0 saturated carbocycles. The summed E-state index contributed by atoms with van der Waals surface area (Å²) in [6, 6.07) is 9.67. The smallest absolute Gasteiger partial charge is 0.335 e. The van der Waals surface area contributed by atoms with Crippen LogP contribution in [-0.4, -0.2) is 57.7 Å². The van der Waals surface area contributed by atoms with Crippen LogP contribution in [0.2, 0.25) is 10.0 Å². The monoisotopic (exact) mass is 448 g/mol. The maximum Gasteiger partial charge on any atom is 0.335 e. The van der Waals surface area contributed by atoms with Crippen molar-refractivity contribution in [2.45, 2.75) is 6.54 Å². The van der Waals surface area contributed by atoms with Gasteiger partial charge in [-0.15, -0.1) is 0 Å². The van der Waals surface area contributed by atoms with Gasteiger partial charge in [-0.3, -0.25) is 4.79 Å². The number of halogens is 2. The van der Waals surface area contributed by atoms with Crippen LogP contribution in [0, 0.1) is 0 Å². The highest BCUT2D eigenvalue weighted by Crippen LogP contribution is 2.33. The summed E-state index contributed by atoms with van der Waals surface area (Å²) in [5.41, 5.74) is 1.62. The number of carbonyl (C=O) groups is 2. The molecule has 156 valence electrons. The van der Waals surface area contributed by atoms with E-state index < -0.39 is 5.97 Å². The Labute approximate surface area is 182 Å². The fourth-order valence-electron chi connectivity index (χ4n) is 3.30. The topological polar surface area (TPSA) is 96.7 Å². The molecule has 1 amide bonds. The molecule has 1 fully saturated rings. The first-order valence-corrected chi connectivity index (χ1v) is 10.00. The van der Waals surface area contributed by atoms with Gasteiger partial charge in [0, 0.05) is 13.1 Å².